The first-order chi connectivity index (χ1) is 17.5. The minimum absolute atomic E-state index is 0.0213. The molecule has 0 radical (unpaired) electrons. The number of carbonyl (C=O) groups excluding carboxylic acids is 3. The smallest absolute Gasteiger partial charge is 0.414 e. The van der Waals surface area contributed by atoms with Crippen LogP contribution in [0.1, 0.15) is 73.1 Å². The SMILES string of the molecule is CC=C[C@]1(C)C[C@@H](OC(=O)NC(=O)[C@H]2CN3CC[C@@H]2C3)[C@@]2(C)C3C(OC)CCC3(CC[C@H]2C)[C@@H](C)C1=O. The second-order valence-electron chi connectivity index (χ2n) is 13.3. The maximum Gasteiger partial charge on any atom is 0.414 e. The molecule has 37 heavy (non-hydrogen) atoms. The molecule has 2 amide bonds. The van der Waals surface area contributed by atoms with E-state index in [-0.39, 0.29) is 52.3 Å². The number of fused-ring (bicyclic) bond motifs is 2. The van der Waals surface area contributed by atoms with Gasteiger partial charge in [0.2, 0.25) is 5.91 Å². The molecule has 2 aliphatic heterocycles. The first-order valence-electron chi connectivity index (χ1n) is 14.4. The van der Waals surface area contributed by atoms with Crippen LogP contribution in [0.15, 0.2) is 12.2 Å². The third-order valence-corrected chi connectivity index (χ3v) is 11.8. The number of nitrogens with one attached hydrogen (secondary N) is 1. The quantitative estimate of drug-likeness (QED) is 0.552. The normalized spacial score (nSPS) is 49.0. The highest BCUT2D eigenvalue weighted by Crippen LogP contribution is 2.68. The fourth-order valence-electron chi connectivity index (χ4n) is 9.56. The number of Topliss-reactive ketones (excluding diaryl/α,β-unsaturated/α-hetero) is 1. The standard InChI is InChI=1S/C30H46N2O5/c1-7-11-28(4)15-23(37-27(35)31-26(34)21-17-32-14-10-20(21)16-32)29(5)18(2)8-12-30(19(3)25(28)33)13-9-22(36-6)24(29)30/h7,11,18-24H,8-10,12-17H2,1-6H3,(H,31,34,35)/t18-,19+,20-,21+,22?,23-,24?,28-,29+,30?/m1/s1. The molecule has 4 bridgehead atoms. The summed E-state index contributed by atoms with van der Waals surface area (Å²) in [5.74, 6) is 0.455. The number of allylic oxidation sites excluding steroid dienone is 2. The molecular weight excluding hydrogens is 468 g/mol. The van der Waals surface area contributed by atoms with Crippen LogP contribution in [0.3, 0.4) is 0 Å². The molecule has 4 unspecified atom stereocenters. The molecule has 5 rings (SSSR count). The van der Waals surface area contributed by atoms with E-state index in [9.17, 15) is 14.4 Å². The topological polar surface area (TPSA) is 84.9 Å². The summed E-state index contributed by atoms with van der Waals surface area (Å²) in [6.45, 7) is 13.3. The lowest BCUT2D eigenvalue weighted by Crippen LogP contribution is -2.63. The Morgan fingerprint density at radius 3 is 2.46 bits per heavy atom. The van der Waals surface area contributed by atoms with Crippen molar-refractivity contribution >= 4 is 17.8 Å². The number of piperidine rings is 1. The Labute approximate surface area is 222 Å². The second kappa shape index (κ2) is 9.48. The number of hydrogen-bond acceptors (Lipinski definition) is 6. The lowest BCUT2D eigenvalue weighted by atomic mass is 9.44. The molecule has 3 aliphatic carbocycles. The molecule has 7 nitrogen and oxygen atoms in total. The van der Waals surface area contributed by atoms with Crippen molar-refractivity contribution in [3.63, 3.8) is 0 Å². The van der Waals surface area contributed by atoms with Gasteiger partial charge in [0.25, 0.3) is 0 Å². The summed E-state index contributed by atoms with van der Waals surface area (Å²) in [5.41, 5.74) is -1.30. The number of ketones is 1. The van der Waals surface area contributed by atoms with Crippen LogP contribution in [0.2, 0.25) is 0 Å². The highest BCUT2D eigenvalue weighted by Gasteiger charge is 2.68. The molecule has 7 heteroatoms. The maximum absolute atomic E-state index is 14.2. The zero-order valence-electron chi connectivity index (χ0n) is 23.5. The minimum atomic E-state index is -0.748. The zero-order chi connectivity index (χ0) is 26.8. The van der Waals surface area contributed by atoms with Crippen molar-refractivity contribution in [2.75, 3.05) is 26.7 Å². The number of nitrogens with zero attached hydrogens (tertiary/aromatic N) is 1. The van der Waals surface area contributed by atoms with Crippen LogP contribution in [0, 0.1) is 45.8 Å². The van der Waals surface area contributed by atoms with Gasteiger partial charge in [-0.25, -0.2) is 4.79 Å². The first kappa shape index (κ1) is 26.9. The van der Waals surface area contributed by atoms with Gasteiger partial charge in [-0.2, -0.15) is 0 Å². The van der Waals surface area contributed by atoms with E-state index in [1.165, 1.54) is 0 Å². The van der Waals surface area contributed by atoms with Gasteiger partial charge in [-0.05, 0) is 69.7 Å². The molecule has 3 saturated carbocycles. The molecule has 0 aromatic heterocycles. The zero-order valence-corrected chi connectivity index (χ0v) is 23.5. The van der Waals surface area contributed by atoms with Gasteiger partial charge in [0.1, 0.15) is 11.9 Å². The van der Waals surface area contributed by atoms with Crippen molar-refractivity contribution in [2.45, 2.75) is 85.4 Å². The number of amides is 2. The first-order valence-corrected chi connectivity index (χ1v) is 14.4. The number of carbonyl (C=O) groups is 3. The van der Waals surface area contributed by atoms with Gasteiger partial charge in [-0.15, -0.1) is 0 Å². The number of methoxy groups -OCH3 is 1. The molecule has 206 valence electrons. The molecule has 0 aromatic rings. The van der Waals surface area contributed by atoms with Gasteiger partial charge < -0.3 is 14.4 Å². The van der Waals surface area contributed by atoms with Crippen LogP contribution in [0.25, 0.3) is 0 Å². The Bertz CT molecular complexity index is 981. The predicted molar refractivity (Wildman–Crippen MR) is 141 cm³/mol. The average Bonchev–Trinajstić information content (AvgIpc) is 3.59. The molecule has 2 saturated heterocycles. The molecule has 5 aliphatic rings. The Morgan fingerprint density at radius 2 is 1.84 bits per heavy atom. The highest BCUT2D eigenvalue weighted by molar-refractivity contribution is 5.94. The van der Waals surface area contributed by atoms with Crippen LogP contribution in [0.4, 0.5) is 4.79 Å². The lowest BCUT2D eigenvalue weighted by Gasteiger charge is -2.61. The molecule has 2 heterocycles. The van der Waals surface area contributed by atoms with Gasteiger partial charge >= 0.3 is 6.09 Å². The van der Waals surface area contributed by atoms with E-state index in [0.29, 0.717) is 18.9 Å². The van der Waals surface area contributed by atoms with E-state index < -0.39 is 17.6 Å². The van der Waals surface area contributed by atoms with E-state index in [1.54, 1.807) is 7.11 Å². The summed E-state index contributed by atoms with van der Waals surface area (Å²) in [7, 11) is 1.77. The van der Waals surface area contributed by atoms with E-state index in [4.69, 9.17) is 9.47 Å². The van der Waals surface area contributed by atoms with Crippen LogP contribution < -0.4 is 5.32 Å². The largest absolute Gasteiger partial charge is 0.445 e. The molecular formula is C30H46N2O5. The maximum atomic E-state index is 14.2. The average molecular weight is 515 g/mol. The fraction of sp³-hybridized carbons (Fsp3) is 0.833. The van der Waals surface area contributed by atoms with Crippen molar-refractivity contribution < 1.29 is 23.9 Å². The van der Waals surface area contributed by atoms with Gasteiger partial charge in [-0.3, -0.25) is 14.9 Å². The summed E-state index contributed by atoms with van der Waals surface area (Å²) in [4.78, 5) is 42.9. The Balaban J connectivity index is 1.49. The molecule has 0 spiro atoms. The summed E-state index contributed by atoms with van der Waals surface area (Å²) < 4.78 is 12.4. The number of ether oxygens (including phenoxy) is 2. The predicted octanol–water partition coefficient (Wildman–Crippen LogP) is 4.60. The van der Waals surface area contributed by atoms with Gasteiger partial charge in [0, 0.05) is 49.3 Å². The van der Waals surface area contributed by atoms with Crippen LogP contribution in [0.5, 0.6) is 0 Å². The lowest BCUT2D eigenvalue weighted by molar-refractivity contribution is -0.189. The van der Waals surface area contributed by atoms with E-state index in [0.717, 1.165) is 45.2 Å². The molecule has 1 N–H and O–H groups in total. The monoisotopic (exact) mass is 514 g/mol. The molecule has 11 atom stereocenters. The van der Waals surface area contributed by atoms with Gasteiger partial charge in [-0.1, -0.05) is 32.9 Å². The van der Waals surface area contributed by atoms with E-state index in [2.05, 4.69) is 31.0 Å². The molecule has 5 fully saturated rings. The van der Waals surface area contributed by atoms with Crippen molar-refractivity contribution in [3.8, 4) is 0 Å². The van der Waals surface area contributed by atoms with Crippen LogP contribution in [-0.4, -0.2) is 61.6 Å². The number of rotatable bonds is 4. The van der Waals surface area contributed by atoms with Crippen molar-refractivity contribution in [2.24, 2.45) is 45.8 Å². The Kier molecular flexibility index (Phi) is 6.88. The second-order valence-corrected chi connectivity index (χ2v) is 13.3. The minimum Gasteiger partial charge on any atom is -0.445 e. The Hall–Kier alpha value is -1.73. The number of hydrogen-bond donors (Lipinski definition) is 1. The number of imide groups is 1. The van der Waals surface area contributed by atoms with Crippen molar-refractivity contribution in [3.05, 3.63) is 12.2 Å². The fourth-order valence-corrected chi connectivity index (χ4v) is 9.56. The third-order valence-electron chi connectivity index (χ3n) is 11.8. The summed E-state index contributed by atoms with van der Waals surface area (Å²) in [5, 5.41) is 2.60. The summed E-state index contributed by atoms with van der Waals surface area (Å²) >= 11 is 0. The van der Waals surface area contributed by atoms with Crippen LogP contribution in [-0.2, 0) is 19.1 Å². The van der Waals surface area contributed by atoms with Crippen LogP contribution >= 0.6 is 0 Å². The third kappa shape index (κ3) is 4.02. The summed E-state index contributed by atoms with van der Waals surface area (Å²) in [6.07, 6.45) is 8.04. The molecule has 0 aromatic carbocycles. The Morgan fingerprint density at radius 1 is 1.11 bits per heavy atom. The highest BCUT2D eigenvalue weighted by atomic mass is 16.6. The van der Waals surface area contributed by atoms with E-state index in [1.807, 2.05) is 26.0 Å². The van der Waals surface area contributed by atoms with Gasteiger partial charge in [0.05, 0.1) is 12.0 Å². The van der Waals surface area contributed by atoms with Crippen molar-refractivity contribution in [1.29, 1.82) is 0 Å². The van der Waals surface area contributed by atoms with Gasteiger partial charge in [0.15, 0.2) is 0 Å². The van der Waals surface area contributed by atoms with Crippen molar-refractivity contribution in [1.82, 2.24) is 10.2 Å². The van der Waals surface area contributed by atoms with E-state index >= 15 is 0 Å². The summed E-state index contributed by atoms with van der Waals surface area (Å²) in [6, 6.07) is 0. The number of alkyl carbamates (subject to hydrolysis) is 1.